The Bertz CT molecular complexity index is 583. The molecule has 2 heterocycles. The van der Waals surface area contributed by atoms with E-state index >= 15 is 0 Å². The average Bonchev–Trinajstić information content (AvgIpc) is 2.42. The van der Waals surface area contributed by atoms with Gasteiger partial charge in [0.15, 0.2) is 0 Å². The second kappa shape index (κ2) is 5.48. The highest BCUT2D eigenvalue weighted by Crippen LogP contribution is 2.14. The van der Waals surface area contributed by atoms with E-state index in [1.165, 1.54) is 0 Å². The van der Waals surface area contributed by atoms with Crippen LogP contribution < -0.4 is 11.1 Å². The first-order valence-corrected chi connectivity index (χ1v) is 6.01. The normalized spacial score (nSPS) is 11.9. The van der Waals surface area contributed by atoms with Crippen LogP contribution in [0.25, 0.3) is 0 Å². The summed E-state index contributed by atoms with van der Waals surface area (Å²) in [7, 11) is 0. The summed E-state index contributed by atoms with van der Waals surface area (Å²) in [5.74, 6) is -0.179. The first-order valence-electron chi connectivity index (χ1n) is 6.01. The van der Waals surface area contributed by atoms with Gasteiger partial charge >= 0.3 is 0 Å². The Morgan fingerprint density at radius 3 is 2.74 bits per heavy atom. The summed E-state index contributed by atoms with van der Waals surface area (Å²) < 4.78 is 0. The molecular formula is C14H16N4O. The second-order valence-corrected chi connectivity index (χ2v) is 4.38. The molecule has 0 saturated carbocycles. The average molecular weight is 256 g/mol. The molecule has 2 rings (SSSR count). The maximum atomic E-state index is 12.2. The van der Waals surface area contributed by atoms with E-state index in [1.54, 1.807) is 31.6 Å². The molecule has 0 aliphatic heterocycles. The van der Waals surface area contributed by atoms with Gasteiger partial charge in [0.25, 0.3) is 5.91 Å². The lowest BCUT2D eigenvalue weighted by Gasteiger charge is -2.15. The number of carbonyl (C=O) groups excluding carboxylic acids is 1. The molecule has 0 aromatic carbocycles. The number of nitrogens with two attached hydrogens (primary N) is 1. The third kappa shape index (κ3) is 3.07. The first-order chi connectivity index (χ1) is 9.08. The Morgan fingerprint density at radius 2 is 2.05 bits per heavy atom. The fraction of sp³-hybridized carbons (Fsp3) is 0.214. The summed E-state index contributed by atoms with van der Waals surface area (Å²) in [5.41, 5.74) is 8.30. The lowest BCUT2D eigenvalue weighted by Crippen LogP contribution is -2.27. The van der Waals surface area contributed by atoms with Crippen LogP contribution >= 0.6 is 0 Å². The predicted molar refractivity (Wildman–Crippen MR) is 73.5 cm³/mol. The van der Waals surface area contributed by atoms with E-state index < -0.39 is 0 Å². The number of pyridine rings is 2. The van der Waals surface area contributed by atoms with E-state index in [2.05, 4.69) is 15.3 Å². The van der Waals surface area contributed by atoms with Gasteiger partial charge in [-0.3, -0.25) is 14.8 Å². The maximum Gasteiger partial charge on any atom is 0.253 e. The molecule has 0 spiro atoms. The lowest BCUT2D eigenvalue weighted by atomic mass is 10.1. The van der Waals surface area contributed by atoms with Crippen molar-refractivity contribution in [3.05, 3.63) is 53.6 Å². The molecule has 0 aliphatic carbocycles. The van der Waals surface area contributed by atoms with Gasteiger partial charge in [-0.25, -0.2) is 0 Å². The van der Waals surface area contributed by atoms with Crippen LogP contribution in [0.15, 0.2) is 36.8 Å². The Hall–Kier alpha value is -2.43. The molecule has 0 fully saturated rings. The summed E-state index contributed by atoms with van der Waals surface area (Å²) >= 11 is 0. The maximum absolute atomic E-state index is 12.2. The Balaban J connectivity index is 2.15. The minimum Gasteiger partial charge on any atom is -0.397 e. The van der Waals surface area contributed by atoms with Gasteiger partial charge in [-0.1, -0.05) is 0 Å². The van der Waals surface area contributed by atoms with Gasteiger partial charge in [-0.05, 0) is 37.6 Å². The highest BCUT2D eigenvalue weighted by atomic mass is 16.1. The van der Waals surface area contributed by atoms with Crippen LogP contribution in [-0.4, -0.2) is 15.9 Å². The van der Waals surface area contributed by atoms with Crippen molar-refractivity contribution in [2.24, 2.45) is 0 Å². The molecule has 0 bridgehead atoms. The standard InChI is InChI=1S/C14H16N4O/c1-9(11-3-5-16-6-4-11)18-14(19)13-7-12(15)8-17-10(13)2/h3-9H,15H2,1-2H3,(H,18,19). The minimum absolute atomic E-state index is 0.101. The highest BCUT2D eigenvalue weighted by Gasteiger charge is 2.14. The van der Waals surface area contributed by atoms with Crippen LogP contribution in [0.1, 0.15) is 34.6 Å². The molecule has 1 unspecified atom stereocenters. The van der Waals surface area contributed by atoms with Crippen molar-refractivity contribution in [3.63, 3.8) is 0 Å². The largest absolute Gasteiger partial charge is 0.397 e. The van der Waals surface area contributed by atoms with Gasteiger partial charge in [-0.2, -0.15) is 0 Å². The van der Waals surface area contributed by atoms with E-state index in [9.17, 15) is 4.79 Å². The van der Waals surface area contributed by atoms with Crippen LogP contribution in [0, 0.1) is 6.92 Å². The fourth-order valence-electron chi connectivity index (χ4n) is 1.79. The monoisotopic (exact) mass is 256 g/mol. The van der Waals surface area contributed by atoms with Gasteiger partial charge in [0.2, 0.25) is 0 Å². The van der Waals surface area contributed by atoms with Gasteiger partial charge < -0.3 is 11.1 Å². The van der Waals surface area contributed by atoms with E-state index in [0.29, 0.717) is 16.9 Å². The predicted octanol–water partition coefficient (Wildman–Crippen LogP) is 1.86. The van der Waals surface area contributed by atoms with Gasteiger partial charge in [0, 0.05) is 12.4 Å². The molecule has 0 saturated heterocycles. The third-order valence-corrected chi connectivity index (χ3v) is 2.91. The number of hydrogen-bond acceptors (Lipinski definition) is 4. The molecule has 19 heavy (non-hydrogen) atoms. The number of aromatic nitrogens is 2. The smallest absolute Gasteiger partial charge is 0.253 e. The minimum atomic E-state index is -0.179. The number of hydrogen-bond donors (Lipinski definition) is 2. The number of nitrogen functional groups attached to an aromatic ring is 1. The second-order valence-electron chi connectivity index (χ2n) is 4.38. The molecule has 2 aromatic heterocycles. The number of aryl methyl sites for hydroxylation is 1. The number of nitrogens with zero attached hydrogens (tertiary/aromatic N) is 2. The van der Waals surface area contributed by atoms with Crippen LogP contribution in [0.5, 0.6) is 0 Å². The van der Waals surface area contributed by atoms with Crippen LogP contribution in [0.4, 0.5) is 5.69 Å². The molecule has 0 aliphatic rings. The van der Waals surface area contributed by atoms with Gasteiger partial charge in [-0.15, -0.1) is 0 Å². The van der Waals surface area contributed by atoms with Crippen molar-refractivity contribution in [2.75, 3.05) is 5.73 Å². The molecule has 5 heteroatoms. The molecule has 3 N–H and O–H groups in total. The van der Waals surface area contributed by atoms with Crippen molar-refractivity contribution in [2.45, 2.75) is 19.9 Å². The van der Waals surface area contributed by atoms with Crippen LogP contribution in [0.2, 0.25) is 0 Å². The van der Waals surface area contributed by atoms with E-state index in [0.717, 1.165) is 5.56 Å². The van der Waals surface area contributed by atoms with Crippen molar-refractivity contribution < 1.29 is 4.79 Å². The molecule has 2 aromatic rings. The molecular weight excluding hydrogens is 240 g/mol. The zero-order chi connectivity index (χ0) is 13.8. The third-order valence-electron chi connectivity index (χ3n) is 2.91. The number of nitrogens with one attached hydrogen (secondary N) is 1. The topological polar surface area (TPSA) is 80.9 Å². The summed E-state index contributed by atoms with van der Waals surface area (Å²) in [6, 6.07) is 5.28. The molecule has 0 radical (unpaired) electrons. The van der Waals surface area contributed by atoms with E-state index in [4.69, 9.17) is 5.73 Å². The van der Waals surface area contributed by atoms with Crippen molar-refractivity contribution >= 4 is 11.6 Å². The Morgan fingerprint density at radius 1 is 1.37 bits per heavy atom. The highest BCUT2D eigenvalue weighted by molar-refractivity contribution is 5.96. The summed E-state index contributed by atoms with van der Waals surface area (Å²) in [5, 5.41) is 2.92. The fourth-order valence-corrected chi connectivity index (χ4v) is 1.79. The molecule has 5 nitrogen and oxygen atoms in total. The zero-order valence-corrected chi connectivity index (χ0v) is 10.9. The Kier molecular flexibility index (Phi) is 3.75. The Labute approximate surface area is 111 Å². The van der Waals surface area contributed by atoms with Crippen LogP contribution in [-0.2, 0) is 0 Å². The van der Waals surface area contributed by atoms with E-state index in [-0.39, 0.29) is 11.9 Å². The number of rotatable bonds is 3. The zero-order valence-electron chi connectivity index (χ0n) is 10.9. The summed E-state index contributed by atoms with van der Waals surface area (Å²) in [6.45, 7) is 3.70. The molecule has 98 valence electrons. The van der Waals surface area contributed by atoms with Gasteiger partial charge in [0.05, 0.1) is 29.2 Å². The summed E-state index contributed by atoms with van der Waals surface area (Å²) in [4.78, 5) is 20.2. The SMILES string of the molecule is Cc1ncc(N)cc1C(=O)NC(C)c1ccncc1. The quantitative estimate of drug-likeness (QED) is 0.878. The number of anilines is 1. The molecule has 1 amide bonds. The van der Waals surface area contributed by atoms with E-state index in [1.807, 2.05) is 19.1 Å². The van der Waals surface area contributed by atoms with Crippen molar-refractivity contribution in [3.8, 4) is 0 Å². The van der Waals surface area contributed by atoms with Gasteiger partial charge in [0.1, 0.15) is 0 Å². The summed E-state index contributed by atoms with van der Waals surface area (Å²) in [6.07, 6.45) is 4.94. The van der Waals surface area contributed by atoms with Crippen LogP contribution in [0.3, 0.4) is 0 Å². The molecule has 1 atom stereocenters. The number of carbonyl (C=O) groups is 1. The van der Waals surface area contributed by atoms with Crippen molar-refractivity contribution in [1.82, 2.24) is 15.3 Å². The first kappa shape index (κ1) is 13.0. The number of amides is 1. The van der Waals surface area contributed by atoms with Crippen molar-refractivity contribution in [1.29, 1.82) is 0 Å². The lowest BCUT2D eigenvalue weighted by molar-refractivity contribution is 0.0939.